The summed E-state index contributed by atoms with van der Waals surface area (Å²) >= 11 is 12.4. The second-order valence-corrected chi connectivity index (χ2v) is 6.14. The maximum absolute atomic E-state index is 6.25. The normalized spacial score (nSPS) is 14.8. The first-order chi connectivity index (χ1) is 9.56. The first kappa shape index (κ1) is 13.9. The van der Waals surface area contributed by atoms with Crippen LogP contribution in [0.1, 0.15) is 29.8 Å². The molecule has 106 valence electrons. The third-order valence-electron chi connectivity index (χ3n) is 3.64. The minimum Gasteiger partial charge on any atom is -0.310 e. The lowest BCUT2D eigenvalue weighted by Crippen LogP contribution is -2.17. The molecule has 1 N–H and O–H groups in total. The molecule has 0 amide bonds. The first-order valence-corrected chi connectivity index (χ1v) is 7.56. The van der Waals surface area contributed by atoms with Crippen LogP contribution in [0.15, 0.2) is 18.2 Å². The Morgan fingerprint density at radius 2 is 2.05 bits per heavy atom. The largest absolute Gasteiger partial charge is 0.310 e. The van der Waals surface area contributed by atoms with Gasteiger partial charge in [-0.25, -0.2) is 4.68 Å². The van der Waals surface area contributed by atoms with E-state index in [0.29, 0.717) is 16.1 Å². The van der Waals surface area contributed by atoms with E-state index >= 15 is 0 Å². The summed E-state index contributed by atoms with van der Waals surface area (Å²) in [6.07, 6.45) is 2.54. The van der Waals surface area contributed by atoms with Crippen LogP contribution in [0, 0.1) is 13.8 Å². The number of nitrogens with zero attached hydrogens (tertiary/aromatic N) is 2. The van der Waals surface area contributed by atoms with Crippen molar-refractivity contribution in [2.75, 3.05) is 0 Å². The predicted octanol–water partition coefficient (Wildman–Crippen LogP) is 4.05. The Bertz CT molecular complexity index is 645. The van der Waals surface area contributed by atoms with Crippen LogP contribution in [0.4, 0.5) is 0 Å². The molecule has 1 fully saturated rings. The molecule has 0 unspecified atom stereocenters. The van der Waals surface area contributed by atoms with Crippen molar-refractivity contribution in [2.24, 2.45) is 0 Å². The maximum Gasteiger partial charge on any atom is 0.0848 e. The van der Waals surface area contributed by atoms with Crippen molar-refractivity contribution in [3.63, 3.8) is 0 Å². The van der Waals surface area contributed by atoms with Crippen LogP contribution in [0.25, 0.3) is 5.69 Å². The lowest BCUT2D eigenvalue weighted by atomic mass is 10.1. The summed E-state index contributed by atoms with van der Waals surface area (Å²) in [6, 6.07) is 6.59. The Labute approximate surface area is 128 Å². The lowest BCUT2D eigenvalue weighted by molar-refractivity contribution is 0.679. The van der Waals surface area contributed by atoms with Crippen molar-refractivity contribution in [1.82, 2.24) is 15.1 Å². The van der Waals surface area contributed by atoms with Gasteiger partial charge in [0, 0.05) is 17.6 Å². The first-order valence-electron chi connectivity index (χ1n) is 6.80. The van der Waals surface area contributed by atoms with Gasteiger partial charge in [0.05, 0.1) is 22.1 Å². The van der Waals surface area contributed by atoms with Crippen LogP contribution < -0.4 is 5.32 Å². The predicted molar refractivity (Wildman–Crippen MR) is 82.9 cm³/mol. The van der Waals surface area contributed by atoms with Gasteiger partial charge in [-0.15, -0.1) is 0 Å². The van der Waals surface area contributed by atoms with Crippen LogP contribution >= 0.6 is 23.2 Å². The molecule has 3 nitrogen and oxygen atoms in total. The van der Waals surface area contributed by atoms with Crippen LogP contribution in [0.2, 0.25) is 10.0 Å². The van der Waals surface area contributed by atoms with Gasteiger partial charge < -0.3 is 5.32 Å². The summed E-state index contributed by atoms with van der Waals surface area (Å²) in [7, 11) is 0. The van der Waals surface area contributed by atoms with E-state index in [4.69, 9.17) is 23.2 Å². The van der Waals surface area contributed by atoms with Gasteiger partial charge in [-0.2, -0.15) is 5.10 Å². The van der Waals surface area contributed by atoms with Crippen LogP contribution in [-0.2, 0) is 6.54 Å². The highest BCUT2D eigenvalue weighted by Crippen LogP contribution is 2.27. The third-order valence-corrected chi connectivity index (χ3v) is 4.42. The number of rotatable bonds is 4. The molecule has 0 bridgehead atoms. The van der Waals surface area contributed by atoms with E-state index in [-0.39, 0.29) is 0 Å². The Kier molecular flexibility index (Phi) is 3.76. The Hall–Kier alpha value is -1.03. The zero-order valence-electron chi connectivity index (χ0n) is 11.6. The number of hydrogen-bond donors (Lipinski definition) is 1. The molecule has 1 aliphatic rings. The molecule has 0 radical (unpaired) electrons. The number of aromatic nitrogens is 2. The zero-order chi connectivity index (χ0) is 14.3. The molecule has 1 aliphatic carbocycles. The molecule has 0 aliphatic heterocycles. The standard InChI is InChI=1S/C15H17Cl2N3/c1-9-15(17)10(2)20(19-9)14-7-12(16)4-3-11(14)8-18-13-5-6-13/h3-4,7,13,18H,5-6,8H2,1-2H3. The average molecular weight is 310 g/mol. The summed E-state index contributed by atoms with van der Waals surface area (Å²) in [6.45, 7) is 4.72. The van der Waals surface area contributed by atoms with Gasteiger partial charge in [0.2, 0.25) is 0 Å². The van der Waals surface area contributed by atoms with E-state index < -0.39 is 0 Å². The van der Waals surface area contributed by atoms with E-state index in [1.54, 1.807) is 0 Å². The molecular formula is C15H17Cl2N3. The van der Waals surface area contributed by atoms with E-state index in [9.17, 15) is 0 Å². The summed E-state index contributed by atoms with van der Waals surface area (Å²) in [5.41, 5.74) is 3.96. The number of aryl methyl sites for hydroxylation is 1. The molecule has 0 atom stereocenters. The van der Waals surface area contributed by atoms with Crippen molar-refractivity contribution < 1.29 is 0 Å². The summed E-state index contributed by atoms with van der Waals surface area (Å²) in [5, 5.41) is 9.47. The molecule has 3 rings (SSSR count). The molecule has 1 saturated carbocycles. The summed E-state index contributed by atoms with van der Waals surface area (Å²) in [4.78, 5) is 0. The van der Waals surface area contributed by atoms with Crippen molar-refractivity contribution in [2.45, 2.75) is 39.3 Å². The van der Waals surface area contributed by atoms with E-state index in [2.05, 4.69) is 16.5 Å². The number of hydrogen-bond acceptors (Lipinski definition) is 2. The average Bonchev–Trinajstić information content (AvgIpc) is 3.21. The minimum absolute atomic E-state index is 0.669. The van der Waals surface area contributed by atoms with Gasteiger partial charge in [0.1, 0.15) is 0 Å². The highest BCUT2D eigenvalue weighted by Gasteiger charge is 2.21. The zero-order valence-corrected chi connectivity index (χ0v) is 13.1. The van der Waals surface area contributed by atoms with Gasteiger partial charge >= 0.3 is 0 Å². The van der Waals surface area contributed by atoms with Gasteiger partial charge in [-0.1, -0.05) is 29.3 Å². The monoisotopic (exact) mass is 309 g/mol. The van der Waals surface area contributed by atoms with E-state index in [1.807, 2.05) is 30.7 Å². The second kappa shape index (κ2) is 5.40. The van der Waals surface area contributed by atoms with Crippen molar-refractivity contribution in [3.05, 3.63) is 45.2 Å². The fourth-order valence-corrected chi connectivity index (χ4v) is 2.57. The highest BCUT2D eigenvalue weighted by molar-refractivity contribution is 6.32. The lowest BCUT2D eigenvalue weighted by Gasteiger charge is -2.12. The molecule has 0 spiro atoms. The topological polar surface area (TPSA) is 29.9 Å². The Morgan fingerprint density at radius 3 is 2.65 bits per heavy atom. The minimum atomic E-state index is 0.669. The third kappa shape index (κ3) is 2.71. The fraction of sp³-hybridized carbons (Fsp3) is 0.400. The van der Waals surface area contributed by atoms with Crippen LogP contribution in [-0.4, -0.2) is 15.8 Å². The molecule has 1 aromatic carbocycles. The van der Waals surface area contributed by atoms with Crippen LogP contribution in [0.5, 0.6) is 0 Å². The van der Waals surface area contributed by atoms with Crippen molar-refractivity contribution in [1.29, 1.82) is 0 Å². The molecule has 20 heavy (non-hydrogen) atoms. The molecule has 2 aromatic rings. The summed E-state index contributed by atoms with van der Waals surface area (Å²) in [5.74, 6) is 0. The number of benzene rings is 1. The van der Waals surface area contributed by atoms with Gasteiger partial charge in [0.25, 0.3) is 0 Å². The number of halogens is 2. The maximum atomic E-state index is 6.25. The van der Waals surface area contributed by atoms with Crippen LogP contribution in [0.3, 0.4) is 0 Å². The quantitative estimate of drug-likeness (QED) is 0.923. The van der Waals surface area contributed by atoms with Crippen molar-refractivity contribution in [3.8, 4) is 5.69 Å². The molecule has 1 aromatic heterocycles. The molecule has 0 saturated heterocycles. The van der Waals surface area contributed by atoms with E-state index in [0.717, 1.165) is 23.6 Å². The molecule has 1 heterocycles. The van der Waals surface area contributed by atoms with Gasteiger partial charge in [-0.3, -0.25) is 0 Å². The van der Waals surface area contributed by atoms with E-state index in [1.165, 1.54) is 18.4 Å². The second-order valence-electron chi connectivity index (χ2n) is 5.32. The molecule has 5 heteroatoms. The SMILES string of the molecule is Cc1nn(-c2cc(Cl)ccc2CNC2CC2)c(C)c1Cl. The highest BCUT2D eigenvalue weighted by atomic mass is 35.5. The smallest absolute Gasteiger partial charge is 0.0848 e. The van der Waals surface area contributed by atoms with Gasteiger partial charge in [0.15, 0.2) is 0 Å². The van der Waals surface area contributed by atoms with Crippen molar-refractivity contribution >= 4 is 23.2 Å². The van der Waals surface area contributed by atoms with Gasteiger partial charge in [-0.05, 0) is 44.4 Å². The Morgan fingerprint density at radius 1 is 1.30 bits per heavy atom. The molecular weight excluding hydrogens is 293 g/mol. The number of nitrogens with one attached hydrogen (secondary N) is 1. The summed E-state index contributed by atoms with van der Waals surface area (Å²) < 4.78 is 1.88. The fourth-order valence-electron chi connectivity index (χ4n) is 2.28. The Balaban J connectivity index is 2.00.